The van der Waals surface area contributed by atoms with Gasteiger partial charge in [0, 0.05) is 13.0 Å². The van der Waals surface area contributed by atoms with E-state index < -0.39 is 6.04 Å². The molecule has 1 aliphatic heterocycles. The van der Waals surface area contributed by atoms with Crippen LogP contribution in [0.25, 0.3) is 0 Å². The summed E-state index contributed by atoms with van der Waals surface area (Å²) in [5.74, 6) is -0.227. The van der Waals surface area contributed by atoms with Gasteiger partial charge in [-0.05, 0) is 37.9 Å². The van der Waals surface area contributed by atoms with Gasteiger partial charge in [0.2, 0.25) is 11.8 Å². The van der Waals surface area contributed by atoms with Crippen molar-refractivity contribution in [3.8, 4) is 0 Å². The van der Waals surface area contributed by atoms with E-state index in [1.54, 1.807) is 11.0 Å². The molecule has 0 aromatic heterocycles. The van der Waals surface area contributed by atoms with Crippen LogP contribution < -0.4 is 16.0 Å². The number of carbonyl (C=O) groups excluding carboxylic acids is 2. The van der Waals surface area contributed by atoms with Gasteiger partial charge in [-0.1, -0.05) is 23.7 Å². The maximum Gasteiger partial charge on any atom is 0.249 e. The summed E-state index contributed by atoms with van der Waals surface area (Å²) in [6.45, 7) is 1.09. The number of hydrogen-bond acceptors (Lipinski definition) is 3. The van der Waals surface area contributed by atoms with Gasteiger partial charge in [-0.25, -0.2) is 0 Å². The molecule has 21 heavy (non-hydrogen) atoms. The lowest BCUT2D eigenvalue weighted by Gasteiger charge is -2.33. The standard InChI is InChI=1S/C15H20ClN3O2/c16-11-5-1-2-7-13(11)19-10-4-6-12(15(19)21)18-14(20)8-3-9-17/h1-2,5,7,12H,3-4,6,8-10,17H2,(H,18,20). The zero-order chi connectivity index (χ0) is 15.2. The van der Waals surface area contributed by atoms with Gasteiger partial charge in [0.1, 0.15) is 6.04 Å². The molecule has 0 aliphatic carbocycles. The Morgan fingerprint density at radius 3 is 2.90 bits per heavy atom. The van der Waals surface area contributed by atoms with Crippen LogP contribution in [0.15, 0.2) is 24.3 Å². The highest BCUT2D eigenvalue weighted by atomic mass is 35.5. The van der Waals surface area contributed by atoms with Crippen LogP contribution in [-0.2, 0) is 9.59 Å². The molecule has 0 saturated carbocycles. The van der Waals surface area contributed by atoms with Crippen molar-refractivity contribution >= 4 is 29.1 Å². The van der Waals surface area contributed by atoms with E-state index in [1.165, 1.54) is 0 Å². The van der Waals surface area contributed by atoms with E-state index in [0.717, 1.165) is 6.42 Å². The number of nitrogens with two attached hydrogens (primary N) is 1. The minimum atomic E-state index is -0.472. The number of nitrogens with zero attached hydrogens (tertiary/aromatic N) is 1. The third-order valence-corrected chi connectivity index (χ3v) is 3.84. The van der Waals surface area contributed by atoms with Crippen molar-refractivity contribution < 1.29 is 9.59 Å². The smallest absolute Gasteiger partial charge is 0.249 e. The van der Waals surface area contributed by atoms with Crippen molar-refractivity contribution in [2.75, 3.05) is 18.0 Å². The van der Waals surface area contributed by atoms with E-state index in [2.05, 4.69) is 5.32 Å². The predicted molar refractivity (Wildman–Crippen MR) is 83.3 cm³/mol. The topological polar surface area (TPSA) is 75.4 Å². The van der Waals surface area contributed by atoms with Crippen LogP contribution in [0.5, 0.6) is 0 Å². The molecule has 1 unspecified atom stereocenters. The molecule has 1 atom stereocenters. The predicted octanol–water partition coefficient (Wildman–Crippen LogP) is 1.69. The number of benzene rings is 1. The molecule has 1 aliphatic rings. The Balaban J connectivity index is 2.05. The molecule has 1 aromatic carbocycles. The van der Waals surface area contributed by atoms with Crippen LogP contribution in [0.2, 0.25) is 5.02 Å². The Labute approximate surface area is 129 Å². The molecule has 114 valence electrons. The molecule has 1 heterocycles. The highest BCUT2D eigenvalue weighted by Crippen LogP contribution is 2.28. The van der Waals surface area contributed by atoms with Crippen LogP contribution in [0.4, 0.5) is 5.69 Å². The first-order chi connectivity index (χ1) is 10.1. The Hall–Kier alpha value is -1.59. The maximum absolute atomic E-state index is 12.5. The average Bonchev–Trinajstić information content (AvgIpc) is 2.48. The van der Waals surface area contributed by atoms with Gasteiger partial charge in [0.25, 0.3) is 0 Å². The van der Waals surface area contributed by atoms with Crippen LogP contribution >= 0.6 is 11.6 Å². The summed E-state index contributed by atoms with van der Waals surface area (Å²) in [6, 6.07) is 6.77. The summed E-state index contributed by atoms with van der Waals surface area (Å²) in [4.78, 5) is 25.9. The minimum absolute atomic E-state index is 0.101. The molecular formula is C15H20ClN3O2. The Morgan fingerprint density at radius 2 is 2.19 bits per heavy atom. The van der Waals surface area contributed by atoms with E-state index in [-0.39, 0.29) is 11.8 Å². The van der Waals surface area contributed by atoms with Gasteiger partial charge >= 0.3 is 0 Å². The third-order valence-electron chi connectivity index (χ3n) is 3.53. The Bertz CT molecular complexity index is 521. The molecule has 3 N–H and O–H groups in total. The summed E-state index contributed by atoms with van der Waals surface area (Å²) in [6.07, 6.45) is 2.47. The van der Waals surface area contributed by atoms with Gasteiger partial charge in [-0.2, -0.15) is 0 Å². The lowest BCUT2D eigenvalue weighted by molar-refractivity contribution is -0.128. The minimum Gasteiger partial charge on any atom is -0.344 e. The highest BCUT2D eigenvalue weighted by molar-refractivity contribution is 6.33. The zero-order valence-electron chi connectivity index (χ0n) is 11.8. The van der Waals surface area contributed by atoms with Gasteiger partial charge in [0.15, 0.2) is 0 Å². The fraction of sp³-hybridized carbons (Fsp3) is 0.467. The normalized spacial score (nSPS) is 18.7. The highest BCUT2D eigenvalue weighted by Gasteiger charge is 2.31. The molecule has 1 aromatic rings. The first-order valence-electron chi connectivity index (χ1n) is 7.19. The van der Waals surface area contributed by atoms with Gasteiger partial charge in [0.05, 0.1) is 10.7 Å². The van der Waals surface area contributed by atoms with Crippen molar-refractivity contribution in [1.82, 2.24) is 5.32 Å². The molecule has 0 spiro atoms. The summed E-state index contributed by atoms with van der Waals surface area (Å²) >= 11 is 6.15. The average molecular weight is 310 g/mol. The van der Waals surface area contributed by atoms with Crippen LogP contribution in [0.3, 0.4) is 0 Å². The van der Waals surface area contributed by atoms with Gasteiger partial charge in [-0.3, -0.25) is 9.59 Å². The summed E-state index contributed by atoms with van der Waals surface area (Å²) < 4.78 is 0. The van der Waals surface area contributed by atoms with E-state index in [9.17, 15) is 9.59 Å². The van der Waals surface area contributed by atoms with Crippen LogP contribution in [0, 0.1) is 0 Å². The monoisotopic (exact) mass is 309 g/mol. The molecule has 0 bridgehead atoms. The molecule has 1 fully saturated rings. The second kappa shape index (κ2) is 7.43. The van der Waals surface area contributed by atoms with Crippen LogP contribution in [0.1, 0.15) is 25.7 Å². The lowest BCUT2D eigenvalue weighted by atomic mass is 10.0. The Kier molecular flexibility index (Phi) is 5.59. The number of para-hydroxylation sites is 1. The molecule has 1 saturated heterocycles. The second-order valence-electron chi connectivity index (χ2n) is 5.10. The fourth-order valence-corrected chi connectivity index (χ4v) is 2.69. The summed E-state index contributed by atoms with van der Waals surface area (Å²) in [5.41, 5.74) is 6.08. The Morgan fingerprint density at radius 1 is 1.43 bits per heavy atom. The van der Waals surface area contributed by atoms with Gasteiger partial charge in [-0.15, -0.1) is 0 Å². The number of amides is 2. The molecule has 2 rings (SSSR count). The number of piperidine rings is 1. The quantitative estimate of drug-likeness (QED) is 0.869. The van der Waals surface area contributed by atoms with E-state index in [4.69, 9.17) is 17.3 Å². The van der Waals surface area contributed by atoms with Crippen molar-refractivity contribution in [2.45, 2.75) is 31.7 Å². The molecule has 5 nitrogen and oxygen atoms in total. The first-order valence-corrected chi connectivity index (χ1v) is 7.56. The molecular weight excluding hydrogens is 290 g/mol. The molecule has 6 heteroatoms. The van der Waals surface area contributed by atoms with Crippen molar-refractivity contribution in [3.05, 3.63) is 29.3 Å². The van der Waals surface area contributed by atoms with E-state index in [1.807, 2.05) is 18.2 Å². The largest absolute Gasteiger partial charge is 0.344 e. The van der Waals surface area contributed by atoms with Crippen molar-refractivity contribution in [3.63, 3.8) is 0 Å². The van der Waals surface area contributed by atoms with E-state index in [0.29, 0.717) is 43.1 Å². The molecule has 2 amide bonds. The lowest BCUT2D eigenvalue weighted by Crippen LogP contribution is -2.52. The number of halogens is 1. The summed E-state index contributed by atoms with van der Waals surface area (Å²) in [5, 5.41) is 3.34. The maximum atomic E-state index is 12.5. The number of rotatable bonds is 5. The molecule has 0 radical (unpaired) electrons. The number of anilines is 1. The fourth-order valence-electron chi connectivity index (χ4n) is 2.45. The second-order valence-corrected chi connectivity index (χ2v) is 5.50. The number of nitrogens with one attached hydrogen (secondary N) is 1. The van der Waals surface area contributed by atoms with Crippen molar-refractivity contribution in [1.29, 1.82) is 0 Å². The van der Waals surface area contributed by atoms with E-state index >= 15 is 0 Å². The number of carbonyl (C=O) groups is 2. The zero-order valence-corrected chi connectivity index (χ0v) is 12.6. The van der Waals surface area contributed by atoms with Crippen LogP contribution in [-0.4, -0.2) is 30.9 Å². The summed E-state index contributed by atoms with van der Waals surface area (Å²) in [7, 11) is 0. The van der Waals surface area contributed by atoms with Gasteiger partial charge < -0.3 is 16.0 Å². The first kappa shape index (κ1) is 15.8. The SMILES string of the molecule is NCCCC(=O)NC1CCCN(c2ccccc2Cl)C1=O. The number of hydrogen-bond donors (Lipinski definition) is 2. The third kappa shape index (κ3) is 3.95. The van der Waals surface area contributed by atoms with Crippen molar-refractivity contribution in [2.24, 2.45) is 5.73 Å².